The third-order valence-electron chi connectivity index (χ3n) is 5.00. The van der Waals surface area contributed by atoms with Gasteiger partial charge in [0.25, 0.3) is 0 Å². The topological polar surface area (TPSA) is 51.2 Å². The fourth-order valence-corrected chi connectivity index (χ4v) is 7.50. The molecular weight excluding hydrogens is 348 g/mol. The van der Waals surface area contributed by atoms with Gasteiger partial charge in [-0.3, -0.25) is 4.79 Å². The zero-order valence-electron chi connectivity index (χ0n) is 16.0. The molecule has 1 saturated carbocycles. The van der Waals surface area contributed by atoms with Gasteiger partial charge < -0.3 is 0 Å². The first-order valence-corrected chi connectivity index (χ1v) is 14.7. The number of carbonyl (C=O) groups is 1. The van der Waals surface area contributed by atoms with Crippen LogP contribution in [0.2, 0.25) is 25.7 Å². The fraction of sp³-hybridized carbons (Fsp3) is 0.650. The number of carbonyl (C=O) groups excluding carboxylic acids is 1. The highest BCUT2D eigenvalue weighted by molar-refractivity contribution is 7.92. The number of benzene rings is 1. The minimum Gasteiger partial charge on any atom is -0.298 e. The Morgan fingerprint density at radius 1 is 1.16 bits per heavy atom. The van der Waals surface area contributed by atoms with E-state index in [2.05, 4.69) is 26.6 Å². The molecule has 0 aliphatic heterocycles. The van der Waals surface area contributed by atoms with E-state index in [4.69, 9.17) is 0 Å². The Bertz CT molecular complexity index is 677. The second kappa shape index (κ2) is 8.17. The van der Waals surface area contributed by atoms with Gasteiger partial charge in [0, 0.05) is 14.0 Å². The number of ketones is 1. The molecule has 0 saturated heterocycles. The van der Waals surface area contributed by atoms with Crippen LogP contribution in [0.1, 0.15) is 39.0 Å². The van der Waals surface area contributed by atoms with Crippen LogP contribution >= 0.6 is 0 Å². The molecule has 0 spiro atoms. The standard InChI is InChI=1S/C20H32O3SSi/c1-5-6-8-13-19(24(22,23)17-11-9-7-10-12-17)20(21)18-14-16(18)15-25(2,3)4/h7,9-12,16,18-19H,5-6,8,13-15H2,1-4H3. The summed E-state index contributed by atoms with van der Waals surface area (Å²) in [6, 6.07) is 9.61. The van der Waals surface area contributed by atoms with Gasteiger partial charge in [0.05, 0.1) is 4.90 Å². The Kier molecular flexibility index (Phi) is 6.66. The van der Waals surface area contributed by atoms with Gasteiger partial charge in [-0.1, -0.05) is 70.1 Å². The molecule has 25 heavy (non-hydrogen) atoms. The van der Waals surface area contributed by atoms with E-state index in [0.29, 0.717) is 12.3 Å². The Morgan fingerprint density at radius 3 is 2.36 bits per heavy atom. The van der Waals surface area contributed by atoms with Gasteiger partial charge in [0.2, 0.25) is 0 Å². The van der Waals surface area contributed by atoms with E-state index in [9.17, 15) is 13.2 Å². The molecule has 0 aromatic heterocycles. The molecular formula is C20H32O3SSi. The third kappa shape index (κ3) is 5.51. The molecule has 3 unspecified atom stereocenters. The molecule has 1 fully saturated rings. The van der Waals surface area contributed by atoms with Crippen LogP contribution < -0.4 is 0 Å². The highest BCUT2D eigenvalue weighted by Gasteiger charge is 2.49. The van der Waals surface area contributed by atoms with E-state index in [1.165, 1.54) is 0 Å². The molecule has 2 rings (SSSR count). The van der Waals surface area contributed by atoms with Gasteiger partial charge in [-0.25, -0.2) is 8.42 Å². The summed E-state index contributed by atoms with van der Waals surface area (Å²) < 4.78 is 26.2. The summed E-state index contributed by atoms with van der Waals surface area (Å²) in [4.78, 5) is 13.3. The van der Waals surface area contributed by atoms with E-state index in [-0.39, 0.29) is 16.6 Å². The number of hydrogen-bond acceptors (Lipinski definition) is 3. The fourth-order valence-electron chi connectivity index (χ4n) is 3.65. The molecule has 1 aliphatic carbocycles. The largest absolute Gasteiger partial charge is 0.298 e. The van der Waals surface area contributed by atoms with Crippen LogP contribution in [-0.2, 0) is 14.6 Å². The van der Waals surface area contributed by atoms with Crippen LogP contribution in [0, 0.1) is 11.8 Å². The first-order valence-electron chi connectivity index (χ1n) is 9.49. The van der Waals surface area contributed by atoms with Crippen molar-refractivity contribution >= 4 is 23.7 Å². The Hall–Kier alpha value is -0.943. The normalized spacial score (nSPS) is 21.8. The van der Waals surface area contributed by atoms with E-state index in [0.717, 1.165) is 31.7 Å². The first-order chi connectivity index (χ1) is 11.7. The monoisotopic (exact) mass is 380 g/mol. The lowest BCUT2D eigenvalue weighted by Crippen LogP contribution is -2.32. The maximum atomic E-state index is 13.1. The molecule has 0 N–H and O–H groups in total. The van der Waals surface area contributed by atoms with E-state index in [1.54, 1.807) is 30.3 Å². The maximum Gasteiger partial charge on any atom is 0.188 e. The van der Waals surface area contributed by atoms with Crippen LogP contribution in [0.15, 0.2) is 35.2 Å². The quantitative estimate of drug-likeness (QED) is 0.426. The number of Topliss-reactive ketones (excluding diaryl/α,β-unsaturated/α-hetero) is 1. The lowest BCUT2D eigenvalue weighted by atomic mass is 10.1. The van der Waals surface area contributed by atoms with Gasteiger partial charge >= 0.3 is 0 Å². The molecule has 1 aromatic carbocycles. The first kappa shape index (κ1) is 20.4. The van der Waals surface area contributed by atoms with Crippen molar-refractivity contribution in [2.24, 2.45) is 11.8 Å². The zero-order chi connectivity index (χ0) is 18.7. The molecule has 0 bridgehead atoms. The van der Waals surface area contributed by atoms with Crippen molar-refractivity contribution < 1.29 is 13.2 Å². The van der Waals surface area contributed by atoms with Crippen LogP contribution in [0.4, 0.5) is 0 Å². The molecule has 1 aromatic rings. The molecule has 140 valence electrons. The average Bonchev–Trinajstić information content (AvgIpc) is 3.28. The lowest BCUT2D eigenvalue weighted by Gasteiger charge is -2.18. The average molecular weight is 381 g/mol. The van der Waals surface area contributed by atoms with Crippen molar-refractivity contribution in [3.8, 4) is 0 Å². The molecule has 1 aliphatic rings. The summed E-state index contributed by atoms with van der Waals surface area (Å²) in [7, 11) is -4.81. The summed E-state index contributed by atoms with van der Waals surface area (Å²) in [6.45, 7) is 9.03. The Morgan fingerprint density at radius 2 is 1.80 bits per heavy atom. The Labute approximate surface area is 154 Å². The molecule has 3 nitrogen and oxygen atoms in total. The Balaban J connectivity index is 2.18. The predicted molar refractivity (Wildman–Crippen MR) is 106 cm³/mol. The van der Waals surface area contributed by atoms with Crippen LogP contribution in [0.25, 0.3) is 0 Å². The molecule has 5 heteroatoms. The summed E-state index contributed by atoms with van der Waals surface area (Å²) in [5.41, 5.74) is 0. The maximum absolute atomic E-state index is 13.1. The SMILES string of the molecule is CCCCCC(C(=O)C1CC1C[Si](C)(C)C)S(=O)(=O)c1ccccc1. The van der Waals surface area contributed by atoms with Crippen LogP contribution in [0.5, 0.6) is 0 Å². The van der Waals surface area contributed by atoms with Crippen molar-refractivity contribution in [3.63, 3.8) is 0 Å². The van der Waals surface area contributed by atoms with E-state index < -0.39 is 23.2 Å². The van der Waals surface area contributed by atoms with Crippen molar-refractivity contribution in [1.82, 2.24) is 0 Å². The van der Waals surface area contributed by atoms with Gasteiger partial charge in [-0.2, -0.15) is 0 Å². The van der Waals surface area contributed by atoms with Crippen molar-refractivity contribution in [3.05, 3.63) is 30.3 Å². The minimum atomic E-state index is -3.59. The summed E-state index contributed by atoms with van der Waals surface area (Å²) >= 11 is 0. The lowest BCUT2D eigenvalue weighted by molar-refractivity contribution is -0.120. The smallest absolute Gasteiger partial charge is 0.188 e. The summed E-state index contributed by atoms with van der Waals surface area (Å²) in [5.74, 6) is 0.360. The van der Waals surface area contributed by atoms with Crippen molar-refractivity contribution in [2.75, 3.05) is 0 Å². The van der Waals surface area contributed by atoms with Crippen molar-refractivity contribution in [1.29, 1.82) is 0 Å². The molecule has 0 heterocycles. The summed E-state index contributed by atoms with van der Waals surface area (Å²) in [6.07, 6.45) is 4.13. The predicted octanol–water partition coefficient (Wildman–Crippen LogP) is 4.95. The van der Waals surface area contributed by atoms with E-state index in [1.807, 2.05) is 0 Å². The van der Waals surface area contributed by atoms with Gasteiger partial charge in [0.1, 0.15) is 5.25 Å². The second-order valence-electron chi connectivity index (χ2n) is 8.61. The number of rotatable bonds is 10. The van der Waals surface area contributed by atoms with Crippen LogP contribution in [-0.4, -0.2) is 27.5 Å². The molecule has 0 radical (unpaired) electrons. The highest BCUT2D eigenvalue weighted by Crippen LogP contribution is 2.46. The number of unbranched alkanes of at least 4 members (excludes halogenated alkanes) is 2. The van der Waals surface area contributed by atoms with Crippen molar-refractivity contribution in [2.45, 2.75) is 74.9 Å². The number of hydrogen-bond donors (Lipinski definition) is 0. The molecule has 0 amide bonds. The third-order valence-corrected chi connectivity index (χ3v) is 8.89. The van der Waals surface area contributed by atoms with Gasteiger partial charge in [-0.05, 0) is 30.9 Å². The van der Waals surface area contributed by atoms with E-state index >= 15 is 0 Å². The highest BCUT2D eigenvalue weighted by atomic mass is 32.2. The van der Waals surface area contributed by atoms with Crippen LogP contribution in [0.3, 0.4) is 0 Å². The summed E-state index contributed by atoms with van der Waals surface area (Å²) in [5, 5.41) is -0.863. The van der Waals surface area contributed by atoms with Gasteiger partial charge in [0.15, 0.2) is 15.6 Å². The number of sulfone groups is 1. The minimum absolute atomic E-state index is 0.0248. The zero-order valence-corrected chi connectivity index (χ0v) is 17.8. The molecule has 3 atom stereocenters. The van der Waals surface area contributed by atoms with Gasteiger partial charge in [-0.15, -0.1) is 0 Å². The second-order valence-corrected chi connectivity index (χ2v) is 16.3.